The van der Waals surface area contributed by atoms with Gasteiger partial charge in [0.15, 0.2) is 0 Å². The molecule has 1 rings (SSSR count). The van der Waals surface area contributed by atoms with Gasteiger partial charge >= 0.3 is 0 Å². The van der Waals surface area contributed by atoms with E-state index in [-0.39, 0.29) is 0 Å². The summed E-state index contributed by atoms with van der Waals surface area (Å²) in [5.41, 5.74) is 1.16. The first kappa shape index (κ1) is 7.90. The number of nitrogens with one attached hydrogen (secondary N) is 1. The molecular weight excluding hydrogens is 138 g/mol. The SMILES string of the molecule is CC#CCNCc1ccoc1. The minimum Gasteiger partial charge on any atom is -0.472 e. The average Bonchev–Trinajstić information content (AvgIpc) is 2.50. The molecule has 2 nitrogen and oxygen atoms in total. The molecule has 0 aromatic carbocycles. The Morgan fingerprint density at radius 2 is 2.55 bits per heavy atom. The van der Waals surface area contributed by atoms with E-state index in [2.05, 4.69) is 17.2 Å². The highest BCUT2D eigenvalue weighted by Crippen LogP contribution is 1.97. The largest absolute Gasteiger partial charge is 0.472 e. The molecule has 1 aromatic heterocycles. The Bertz CT molecular complexity index is 240. The van der Waals surface area contributed by atoms with Crippen LogP contribution in [0.25, 0.3) is 0 Å². The lowest BCUT2D eigenvalue weighted by Crippen LogP contribution is -2.12. The van der Waals surface area contributed by atoms with Crippen molar-refractivity contribution in [3.63, 3.8) is 0 Å². The summed E-state index contributed by atoms with van der Waals surface area (Å²) in [5.74, 6) is 5.73. The summed E-state index contributed by atoms with van der Waals surface area (Å²) in [6.07, 6.45) is 3.40. The Balaban J connectivity index is 2.17. The summed E-state index contributed by atoms with van der Waals surface area (Å²) < 4.78 is 4.90. The van der Waals surface area contributed by atoms with Crippen LogP contribution in [-0.4, -0.2) is 6.54 Å². The molecule has 1 heterocycles. The van der Waals surface area contributed by atoms with Crippen molar-refractivity contribution in [2.75, 3.05) is 6.54 Å². The predicted octanol–water partition coefficient (Wildman–Crippen LogP) is 1.39. The Morgan fingerprint density at radius 3 is 3.18 bits per heavy atom. The maximum atomic E-state index is 4.90. The second-order valence-electron chi connectivity index (χ2n) is 2.16. The highest BCUT2D eigenvalue weighted by atomic mass is 16.3. The van der Waals surface area contributed by atoms with Crippen LogP contribution in [0.4, 0.5) is 0 Å². The zero-order valence-electron chi connectivity index (χ0n) is 6.55. The topological polar surface area (TPSA) is 25.2 Å². The van der Waals surface area contributed by atoms with Gasteiger partial charge in [0.05, 0.1) is 19.1 Å². The molecule has 0 saturated heterocycles. The second kappa shape index (κ2) is 4.59. The van der Waals surface area contributed by atoms with Gasteiger partial charge in [-0.25, -0.2) is 0 Å². The van der Waals surface area contributed by atoms with E-state index in [0.29, 0.717) is 0 Å². The molecule has 1 aromatic rings. The van der Waals surface area contributed by atoms with Crippen molar-refractivity contribution < 1.29 is 4.42 Å². The van der Waals surface area contributed by atoms with Gasteiger partial charge in [0.2, 0.25) is 0 Å². The first-order chi connectivity index (χ1) is 5.43. The lowest BCUT2D eigenvalue weighted by Gasteiger charge is -1.94. The zero-order valence-corrected chi connectivity index (χ0v) is 6.55. The first-order valence-electron chi connectivity index (χ1n) is 3.55. The summed E-state index contributed by atoms with van der Waals surface area (Å²) in [7, 11) is 0. The van der Waals surface area contributed by atoms with E-state index in [1.165, 1.54) is 0 Å². The van der Waals surface area contributed by atoms with E-state index in [4.69, 9.17) is 4.42 Å². The molecule has 11 heavy (non-hydrogen) atoms. The van der Waals surface area contributed by atoms with E-state index >= 15 is 0 Å². The normalized spacial score (nSPS) is 8.82. The summed E-state index contributed by atoms with van der Waals surface area (Å²) in [6.45, 7) is 3.40. The van der Waals surface area contributed by atoms with E-state index < -0.39 is 0 Å². The molecule has 58 valence electrons. The lowest BCUT2D eigenvalue weighted by atomic mass is 10.3. The van der Waals surface area contributed by atoms with E-state index in [0.717, 1.165) is 18.7 Å². The first-order valence-corrected chi connectivity index (χ1v) is 3.55. The predicted molar refractivity (Wildman–Crippen MR) is 43.9 cm³/mol. The van der Waals surface area contributed by atoms with Gasteiger partial charge in [0.1, 0.15) is 0 Å². The fourth-order valence-electron chi connectivity index (χ4n) is 0.751. The number of rotatable bonds is 3. The van der Waals surface area contributed by atoms with Crippen molar-refractivity contribution in [2.24, 2.45) is 0 Å². The molecule has 0 unspecified atom stereocenters. The van der Waals surface area contributed by atoms with Crippen molar-refractivity contribution in [2.45, 2.75) is 13.5 Å². The fourth-order valence-corrected chi connectivity index (χ4v) is 0.751. The third-order valence-corrected chi connectivity index (χ3v) is 1.30. The molecule has 0 aliphatic rings. The van der Waals surface area contributed by atoms with Crippen LogP contribution < -0.4 is 5.32 Å². The molecular formula is C9H11NO. The monoisotopic (exact) mass is 149 g/mol. The van der Waals surface area contributed by atoms with Crippen LogP contribution in [0.3, 0.4) is 0 Å². The minimum atomic E-state index is 0.738. The van der Waals surface area contributed by atoms with Crippen molar-refractivity contribution >= 4 is 0 Å². The molecule has 0 saturated carbocycles. The summed E-state index contributed by atoms with van der Waals surface area (Å²) >= 11 is 0. The van der Waals surface area contributed by atoms with Crippen LogP contribution in [0.1, 0.15) is 12.5 Å². The van der Waals surface area contributed by atoms with Crippen molar-refractivity contribution in [3.8, 4) is 11.8 Å². The quantitative estimate of drug-likeness (QED) is 0.519. The van der Waals surface area contributed by atoms with Crippen molar-refractivity contribution in [1.29, 1.82) is 0 Å². The smallest absolute Gasteiger partial charge is 0.0947 e. The molecule has 0 amide bonds. The van der Waals surface area contributed by atoms with Crippen LogP contribution >= 0.6 is 0 Å². The van der Waals surface area contributed by atoms with Gasteiger partial charge in [-0.05, 0) is 13.0 Å². The summed E-state index contributed by atoms with van der Waals surface area (Å²) in [5, 5.41) is 3.16. The third-order valence-electron chi connectivity index (χ3n) is 1.30. The van der Waals surface area contributed by atoms with Crippen molar-refractivity contribution in [1.82, 2.24) is 5.32 Å². The van der Waals surface area contributed by atoms with Crippen molar-refractivity contribution in [3.05, 3.63) is 24.2 Å². The van der Waals surface area contributed by atoms with E-state index in [9.17, 15) is 0 Å². The maximum absolute atomic E-state index is 4.90. The second-order valence-corrected chi connectivity index (χ2v) is 2.16. The molecule has 0 fully saturated rings. The van der Waals surface area contributed by atoms with Gasteiger partial charge in [0.25, 0.3) is 0 Å². The Morgan fingerprint density at radius 1 is 1.64 bits per heavy atom. The standard InChI is InChI=1S/C9H11NO/c1-2-3-5-10-7-9-4-6-11-8-9/h4,6,8,10H,5,7H2,1H3. The third kappa shape index (κ3) is 2.92. The zero-order chi connectivity index (χ0) is 7.94. The van der Waals surface area contributed by atoms with Gasteiger partial charge < -0.3 is 9.73 Å². The molecule has 0 bridgehead atoms. The average molecular weight is 149 g/mol. The summed E-state index contributed by atoms with van der Waals surface area (Å²) in [4.78, 5) is 0. The molecule has 2 heteroatoms. The number of furan rings is 1. The molecule has 1 N–H and O–H groups in total. The lowest BCUT2D eigenvalue weighted by molar-refractivity contribution is 0.562. The van der Waals surface area contributed by atoms with Crippen LogP contribution in [0.15, 0.2) is 23.0 Å². The van der Waals surface area contributed by atoms with Gasteiger partial charge in [0, 0.05) is 12.1 Å². The Labute approximate surface area is 66.6 Å². The number of hydrogen-bond donors (Lipinski definition) is 1. The van der Waals surface area contributed by atoms with Crippen LogP contribution in [0.5, 0.6) is 0 Å². The summed E-state index contributed by atoms with van der Waals surface area (Å²) in [6, 6.07) is 1.94. The van der Waals surface area contributed by atoms with E-state index in [1.807, 2.05) is 13.0 Å². The molecule has 0 aliphatic carbocycles. The molecule has 0 radical (unpaired) electrons. The van der Waals surface area contributed by atoms with Gasteiger partial charge in [-0.2, -0.15) is 0 Å². The molecule has 0 spiro atoms. The Hall–Kier alpha value is -1.20. The number of hydrogen-bond acceptors (Lipinski definition) is 2. The highest BCUT2D eigenvalue weighted by Gasteiger charge is 1.89. The minimum absolute atomic E-state index is 0.738. The van der Waals surface area contributed by atoms with E-state index in [1.54, 1.807) is 12.5 Å². The van der Waals surface area contributed by atoms with Crippen LogP contribution in [-0.2, 0) is 6.54 Å². The van der Waals surface area contributed by atoms with Gasteiger partial charge in [-0.1, -0.05) is 5.92 Å². The van der Waals surface area contributed by atoms with Crippen LogP contribution in [0, 0.1) is 11.8 Å². The van der Waals surface area contributed by atoms with Crippen LogP contribution in [0.2, 0.25) is 0 Å². The maximum Gasteiger partial charge on any atom is 0.0947 e. The van der Waals surface area contributed by atoms with Gasteiger partial charge in [-0.15, -0.1) is 5.92 Å². The highest BCUT2D eigenvalue weighted by molar-refractivity contribution is 5.05. The Kier molecular flexibility index (Phi) is 3.30. The fraction of sp³-hybridized carbons (Fsp3) is 0.333. The van der Waals surface area contributed by atoms with Gasteiger partial charge in [-0.3, -0.25) is 0 Å². The molecule has 0 atom stereocenters. The molecule has 0 aliphatic heterocycles.